The summed E-state index contributed by atoms with van der Waals surface area (Å²) in [7, 11) is 1.35. The van der Waals surface area contributed by atoms with Crippen molar-refractivity contribution in [2.75, 3.05) is 30.9 Å². The second-order valence-electron chi connectivity index (χ2n) is 5.47. The zero-order chi connectivity index (χ0) is 15.2. The lowest BCUT2D eigenvalue weighted by molar-refractivity contribution is 0.0602. The van der Waals surface area contributed by atoms with E-state index in [0.29, 0.717) is 23.8 Å². The second-order valence-corrected chi connectivity index (χ2v) is 5.47. The molecule has 1 aromatic carbocycles. The van der Waals surface area contributed by atoms with E-state index in [1.54, 1.807) is 12.1 Å². The van der Waals surface area contributed by atoms with Crippen LogP contribution in [0.4, 0.5) is 11.4 Å². The van der Waals surface area contributed by atoms with Crippen molar-refractivity contribution >= 4 is 17.3 Å². The van der Waals surface area contributed by atoms with Crippen molar-refractivity contribution in [2.45, 2.75) is 38.1 Å². The van der Waals surface area contributed by atoms with E-state index in [1.807, 2.05) is 6.07 Å². The van der Waals surface area contributed by atoms with Gasteiger partial charge in [0.25, 0.3) is 0 Å². The summed E-state index contributed by atoms with van der Waals surface area (Å²) < 4.78 is 4.77. The van der Waals surface area contributed by atoms with Gasteiger partial charge in [0.05, 0.1) is 19.3 Å². The molecule has 116 valence electrons. The maximum Gasteiger partial charge on any atom is 0.340 e. The van der Waals surface area contributed by atoms with Gasteiger partial charge in [-0.15, -0.1) is 0 Å². The molecule has 1 aromatic rings. The van der Waals surface area contributed by atoms with Crippen LogP contribution in [0.1, 0.15) is 42.5 Å². The molecule has 3 N–H and O–H groups in total. The van der Waals surface area contributed by atoms with Crippen LogP contribution in [0.3, 0.4) is 0 Å². The standard InChI is InChI=1S/C16H24N2O3/c1-21-16(20)14-11-13(7-8-15(14)17)18(9-10-19)12-5-3-2-4-6-12/h7-8,11-12,19H,2-6,9-10,17H2,1H3. The minimum Gasteiger partial charge on any atom is -0.465 e. The SMILES string of the molecule is COC(=O)c1cc(N(CCO)C2CCCCC2)ccc1N. The number of benzene rings is 1. The summed E-state index contributed by atoms with van der Waals surface area (Å²) in [5.41, 5.74) is 7.57. The highest BCUT2D eigenvalue weighted by atomic mass is 16.5. The van der Waals surface area contributed by atoms with E-state index in [9.17, 15) is 9.90 Å². The van der Waals surface area contributed by atoms with Crippen molar-refractivity contribution in [1.29, 1.82) is 0 Å². The lowest BCUT2D eigenvalue weighted by Crippen LogP contribution is -2.39. The summed E-state index contributed by atoms with van der Waals surface area (Å²) >= 11 is 0. The van der Waals surface area contributed by atoms with E-state index in [2.05, 4.69) is 4.90 Å². The Morgan fingerprint density at radius 3 is 2.71 bits per heavy atom. The van der Waals surface area contributed by atoms with Crippen molar-refractivity contribution < 1.29 is 14.6 Å². The Morgan fingerprint density at radius 1 is 1.38 bits per heavy atom. The van der Waals surface area contributed by atoms with Crippen LogP contribution < -0.4 is 10.6 Å². The van der Waals surface area contributed by atoms with Gasteiger partial charge in [-0.3, -0.25) is 0 Å². The van der Waals surface area contributed by atoms with Crippen LogP contribution in [0.2, 0.25) is 0 Å². The first-order chi connectivity index (χ1) is 10.2. The number of rotatable bonds is 5. The molecular formula is C16H24N2O3. The Bertz CT molecular complexity index is 484. The maximum atomic E-state index is 11.8. The molecule has 0 unspecified atom stereocenters. The molecule has 0 radical (unpaired) electrons. The minimum atomic E-state index is -0.429. The number of nitrogens with zero attached hydrogens (tertiary/aromatic N) is 1. The van der Waals surface area contributed by atoms with E-state index in [0.717, 1.165) is 18.5 Å². The molecule has 1 aliphatic rings. The van der Waals surface area contributed by atoms with Gasteiger partial charge in [-0.2, -0.15) is 0 Å². The largest absolute Gasteiger partial charge is 0.465 e. The summed E-state index contributed by atoms with van der Waals surface area (Å²) in [6.07, 6.45) is 5.95. The summed E-state index contributed by atoms with van der Waals surface area (Å²) in [4.78, 5) is 14.0. The molecule has 0 bridgehead atoms. The Morgan fingerprint density at radius 2 is 2.10 bits per heavy atom. The van der Waals surface area contributed by atoms with Crippen LogP contribution in [0.5, 0.6) is 0 Å². The van der Waals surface area contributed by atoms with Crippen molar-refractivity contribution in [3.05, 3.63) is 23.8 Å². The zero-order valence-corrected chi connectivity index (χ0v) is 12.5. The second kappa shape index (κ2) is 7.31. The quantitative estimate of drug-likeness (QED) is 0.642. The van der Waals surface area contributed by atoms with E-state index in [1.165, 1.54) is 26.4 Å². The fourth-order valence-corrected chi connectivity index (χ4v) is 3.03. The summed E-state index contributed by atoms with van der Waals surface area (Å²) in [6, 6.07) is 5.83. The van der Waals surface area contributed by atoms with Crippen LogP contribution in [0.15, 0.2) is 18.2 Å². The zero-order valence-electron chi connectivity index (χ0n) is 12.5. The normalized spacial score (nSPS) is 15.7. The van der Waals surface area contributed by atoms with Crippen molar-refractivity contribution in [3.8, 4) is 0 Å². The van der Waals surface area contributed by atoms with Gasteiger partial charge in [0.15, 0.2) is 0 Å². The molecule has 0 atom stereocenters. The van der Waals surface area contributed by atoms with Crippen LogP contribution in [0, 0.1) is 0 Å². The molecule has 0 aromatic heterocycles. The number of ether oxygens (including phenoxy) is 1. The van der Waals surface area contributed by atoms with Crippen LogP contribution >= 0.6 is 0 Å². The highest BCUT2D eigenvalue weighted by Gasteiger charge is 2.22. The van der Waals surface area contributed by atoms with E-state index in [-0.39, 0.29) is 6.61 Å². The molecule has 1 fully saturated rings. The van der Waals surface area contributed by atoms with Crippen LogP contribution in [-0.4, -0.2) is 37.4 Å². The highest BCUT2D eigenvalue weighted by Crippen LogP contribution is 2.29. The predicted octanol–water partition coefficient (Wildman–Crippen LogP) is 2.19. The number of aliphatic hydroxyl groups excluding tert-OH is 1. The lowest BCUT2D eigenvalue weighted by atomic mass is 9.93. The number of nitrogens with two attached hydrogens (primary N) is 1. The fourth-order valence-electron chi connectivity index (χ4n) is 3.03. The first-order valence-corrected chi connectivity index (χ1v) is 7.52. The van der Waals surface area contributed by atoms with Crippen molar-refractivity contribution in [1.82, 2.24) is 0 Å². The molecule has 5 heteroatoms. The number of nitrogen functional groups attached to an aromatic ring is 1. The molecule has 1 aliphatic carbocycles. The number of methoxy groups -OCH3 is 1. The number of carbonyl (C=O) groups excluding carboxylic acids is 1. The average molecular weight is 292 g/mol. The van der Waals surface area contributed by atoms with Gasteiger partial charge in [0.1, 0.15) is 0 Å². The smallest absolute Gasteiger partial charge is 0.340 e. The molecule has 21 heavy (non-hydrogen) atoms. The van der Waals surface area contributed by atoms with E-state index >= 15 is 0 Å². The molecule has 0 saturated heterocycles. The Balaban J connectivity index is 2.28. The van der Waals surface area contributed by atoms with Gasteiger partial charge in [-0.05, 0) is 31.0 Å². The number of hydrogen-bond donors (Lipinski definition) is 2. The van der Waals surface area contributed by atoms with Gasteiger partial charge >= 0.3 is 5.97 Å². The third-order valence-corrected chi connectivity index (χ3v) is 4.13. The van der Waals surface area contributed by atoms with Gasteiger partial charge in [0, 0.05) is 24.0 Å². The Hall–Kier alpha value is -1.75. The van der Waals surface area contributed by atoms with E-state index in [4.69, 9.17) is 10.5 Å². The summed E-state index contributed by atoms with van der Waals surface area (Å²) in [5.74, 6) is -0.429. The number of hydrogen-bond acceptors (Lipinski definition) is 5. The predicted molar refractivity (Wildman–Crippen MR) is 83.5 cm³/mol. The molecule has 0 heterocycles. The fraction of sp³-hybridized carbons (Fsp3) is 0.562. The van der Waals surface area contributed by atoms with Gasteiger partial charge in [-0.25, -0.2) is 4.79 Å². The Labute approximate surface area is 125 Å². The maximum absolute atomic E-state index is 11.8. The molecule has 0 amide bonds. The lowest BCUT2D eigenvalue weighted by Gasteiger charge is -2.36. The Kier molecular flexibility index (Phi) is 5.44. The molecule has 1 saturated carbocycles. The average Bonchev–Trinajstić information content (AvgIpc) is 2.53. The van der Waals surface area contributed by atoms with E-state index < -0.39 is 5.97 Å². The number of carbonyl (C=O) groups is 1. The highest BCUT2D eigenvalue weighted by molar-refractivity contribution is 5.96. The molecule has 2 rings (SSSR count). The van der Waals surface area contributed by atoms with Gasteiger partial charge < -0.3 is 20.5 Å². The molecular weight excluding hydrogens is 268 g/mol. The number of esters is 1. The topological polar surface area (TPSA) is 75.8 Å². The van der Waals surface area contributed by atoms with Gasteiger partial charge in [0.2, 0.25) is 0 Å². The number of anilines is 2. The molecule has 0 spiro atoms. The first-order valence-electron chi connectivity index (χ1n) is 7.52. The monoisotopic (exact) mass is 292 g/mol. The molecule has 5 nitrogen and oxygen atoms in total. The van der Waals surface area contributed by atoms with Crippen molar-refractivity contribution in [2.24, 2.45) is 0 Å². The third kappa shape index (κ3) is 3.67. The van der Waals surface area contributed by atoms with Crippen LogP contribution in [0.25, 0.3) is 0 Å². The van der Waals surface area contributed by atoms with Gasteiger partial charge in [-0.1, -0.05) is 19.3 Å². The number of aliphatic hydroxyl groups is 1. The third-order valence-electron chi connectivity index (χ3n) is 4.13. The van der Waals surface area contributed by atoms with Crippen LogP contribution in [-0.2, 0) is 4.74 Å². The first kappa shape index (κ1) is 15.6. The van der Waals surface area contributed by atoms with Crippen molar-refractivity contribution in [3.63, 3.8) is 0 Å². The minimum absolute atomic E-state index is 0.0917. The summed E-state index contributed by atoms with van der Waals surface area (Å²) in [6.45, 7) is 0.656. The summed E-state index contributed by atoms with van der Waals surface area (Å²) in [5, 5.41) is 9.35. The molecule has 0 aliphatic heterocycles.